The zero-order chi connectivity index (χ0) is 22.4. The van der Waals surface area contributed by atoms with Crippen LogP contribution < -0.4 is 5.32 Å². The largest absolute Gasteiger partial charge is 0.466 e. The molecule has 4 aliphatic rings. The van der Waals surface area contributed by atoms with E-state index >= 15 is 0 Å². The first-order valence-corrected chi connectivity index (χ1v) is 12.2. The van der Waals surface area contributed by atoms with Gasteiger partial charge in [0.05, 0.1) is 30.8 Å². The van der Waals surface area contributed by atoms with Crippen LogP contribution in [0.25, 0.3) is 0 Å². The number of hydrogen-bond acceptors (Lipinski definition) is 6. The first-order valence-electron chi connectivity index (χ1n) is 11.3. The number of nitrogens with zero attached hydrogens (tertiary/aromatic N) is 2. The number of methoxy groups -OCH3 is 1. The number of benzene rings is 1. The van der Waals surface area contributed by atoms with Crippen LogP contribution in [0.15, 0.2) is 51.6 Å². The zero-order valence-corrected chi connectivity index (χ0v) is 19.6. The van der Waals surface area contributed by atoms with Crippen LogP contribution in [0.4, 0.5) is 0 Å². The number of thioether (sulfide) groups is 1. The minimum Gasteiger partial charge on any atom is -0.466 e. The molecule has 0 unspecified atom stereocenters. The molecule has 32 heavy (non-hydrogen) atoms. The Labute approximate surface area is 193 Å². The summed E-state index contributed by atoms with van der Waals surface area (Å²) in [5.41, 5.74) is 4.17. The molecular formula is C25H29N3O3S. The number of amidine groups is 1. The number of hydrogen-bond donors (Lipinski definition) is 1. The Balaban J connectivity index is 1.41. The maximum atomic E-state index is 13.0. The number of carbonyl (C=O) groups is 2. The third-order valence-corrected chi connectivity index (χ3v) is 8.11. The van der Waals surface area contributed by atoms with E-state index in [1.165, 1.54) is 38.1 Å². The second-order valence-electron chi connectivity index (χ2n) is 9.32. The van der Waals surface area contributed by atoms with Crippen molar-refractivity contribution in [2.24, 2.45) is 16.8 Å². The second-order valence-corrected chi connectivity index (χ2v) is 10.2. The van der Waals surface area contributed by atoms with Crippen molar-refractivity contribution >= 4 is 28.8 Å². The molecule has 2 fully saturated rings. The van der Waals surface area contributed by atoms with Gasteiger partial charge in [0.1, 0.15) is 0 Å². The summed E-state index contributed by atoms with van der Waals surface area (Å²) in [4.78, 5) is 32.5. The van der Waals surface area contributed by atoms with Gasteiger partial charge in [-0.25, -0.2) is 9.79 Å². The van der Waals surface area contributed by atoms with Crippen LogP contribution in [0.3, 0.4) is 0 Å². The molecule has 7 heteroatoms. The molecular weight excluding hydrogens is 422 g/mol. The average molecular weight is 452 g/mol. The Morgan fingerprint density at radius 3 is 2.62 bits per heavy atom. The average Bonchev–Trinajstić information content (AvgIpc) is 3.49. The van der Waals surface area contributed by atoms with Gasteiger partial charge >= 0.3 is 5.97 Å². The molecule has 2 heterocycles. The normalized spacial score (nSPS) is 28.4. The quantitative estimate of drug-likeness (QED) is 0.671. The Bertz CT molecular complexity index is 1040. The third kappa shape index (κ3) is 3.76. The molecule has 2 bridgehead atoms. The fraction of sp³-hybridized carbons (Fsp3) is 0.480. The molecule has 1 aromatic carbocycles. The lowest BCUT2D eigenvalue weighted by molar-refractivity contribution is -0.136. The molecule has 2 aliphatic carbocycles. The van der Waals surface area contributed by atoms with Gasteiger partial charge in [-0.05, 0) is 55.9 Å². The van der Waals surface area contributed by atoms with E-state index in [-0.39, 0.29) is 18.4 Å². The number of nitrogens with one attached hydrogen (secondary N) is 1. The third-order valence-electron chi connectivity index (χ3n) is 7.23. The van der Waals surface area contributed by atoms with Crippen LogP contribution in [-0.4, -0.2) is 35.1 Å². The number of amides is 1. The number of carbonyl (C=O) groups excluding carboxylic acids is 2. The number of aryl methyl sites for hydroxylation is 1. The predicted molar refractivity (Wildman–Crippen MR) is 126 cm³/mol. The summed E-state index contributed by atoms with van der Waals surface area (Å²) < 4.78 is 5.12. The van der Waals surface area contributed by atoms with E-state index in [0.29, 0.717) is 23.2 Å². The monoisotopic (exact) mass is 451 g/mol. The number of esters is 1. The number of allylic oxidation sites excluding steroid dienone is 1. The van der Waals surface area contributed by atoms with Crippen LogP contribution in [-0.2, 0) is 14.3 Å². The molecule has 0 spiro atoms. The first kappa shape index (κ1) is 21.3. The van der Waals surface area contributed by atoms with Gasteiger partial charge in [0.25, 0.3) is 0 Å². The van der Waals surface area contributed by atoms with Crippen molar-refractivity contribution in [1.29, 1.82) is 0 Å². The van der Waals surface area contributed by atoms with Gasteiger partial charge in [-0.3, -0.25) is 4.79 Å². The fourth-order valence-corrected chi connectivity index (χ4v) is 6.61. The SMILES string of the molecule is COC(=O)C1=C(C)N=C2SC=C(CC(=O)N[C@@H]3C[C@H]4CC[C@H]3C4)N2[C@@H]1c1ccc(C)cc1. The van der Waals surface area contributed by atoms with E-state index in [1.54, 1.807) is 0 Å². The Morgan fingerprint density at radius 2 is 1.97 bits per heavy atom. The minimum absolute atomic E-state index is 0.0456. The van der Waals surface area contributed by atoms with Gasteiger partial charge < -0.3 is 15.0 Å². The molecule has 5 rings (SSSR count). The summed E-state index contributed by atoms with van der Waals surface area (Å²) in [5.74, 6) is 1.08. The van der Waals surface area contributed by atoms with Crippen LogP contribution >= 0.6 is 11.8 Å². The Morgan fingerprint density at radius 1 is 1.19 bits per heavy atom. The van der Waals surface area contributed by atoms with Gasteiger partial charge in [0.15, 0.2) is 5.17 Å². The number of fused-ring (bicyclic) bond motifs is 3. The summed E-state index contributed by atoms with van der Waals surface area (Å²) in [6, 6.07) is 8.10. The van der Waals surface area contributed by atoms with Crippen LogP contribution in [0.5, 0.6) is 0 Å². The highest BCUT2D eigenvalue weighted by Gasteiger charge is 2.42. The summed E-state index contributed by atoms with van der Waals surface area (Å²) >= 11 is 1.51. The van der Waals surface area contributed by atoms with Gasteiger partial charge in [0, 0.05) is 11.7 Å². The maximum Gasteiger partial charge on any atom is 0.338 e. The van der Waals surface area contributed by atoms with E-state index in [4.69, 9.17) is 4.74 Å². The van der Waals surface area contributed by atoms with Gasteiger partial charge in [-0.15, -0.1) is 0 Å². The Hall–Kier alpha value is -2.54. The van der Waals surface area contributed by atoms with Gasteiger partial charge in [-0.1, -0.05) is 48.0 Å². The van der Waals surface area contributed by atoms with E-state index in [0.717, 1.165) is 34.3 Å². The highest BCUT2D eigenvalue weighted by molar-refractivity contribution is 8.16. The minimum atomic E-state index is -0.390. The van der Waals surface area contributed by atoms with Crippen molar-refractivity contribution < 1.29 is 14.3 Å². The standard InChI is InChI=1S/C25H29N3O3S/c1-14-4-7-17(8-5-14)23-22(24(30)31-3)15(2)26-25-28(23)19(13-32-25)12-21(29)27-20-11-16-6-9-18(20)10-16/h4-5,7-8,13,16,18,20,23H,6,9-12H2,1-3H3,(H,27,29)/t16-,18-,20+,23+/m0/s1. The molecule has 0 radical (unpaired) electrons. The predicted octanol–water partition coefficient (Wildman–Crippen LogP) is 4.44. The lowest BCUT2D eigenvalue weighted by Crippen LogP contribution is -2.41. The van der Waals surface area contributed by atoms with Gasteiger partial charge in [0.2, 0.25) is 5.91 Å². The molecule has 1 N–H and O–H groups in total. The fourth-order valence-electron chi connectivity index (χ4n) is 5.65. The lowest BCUT2D eigenvalue weighted by atomic mass is 9.93. The molecule has 0 saturated heterocycles. The van der Waals surface area contributed by atoms with Crippen molar-refractivity contribution in [3.8, 4) is 0 Å². The summed E-state index contributed by atoms with van der Waals surface area (Å²) in [5, 5.41) is 6.08. The second kappa shape index (κ2) is 8.43. The van der Waals surface area contributed by atoms with Crippen molar-refractivity contribution in [2.45, 2.75) is 58.0 Å². The van der Waals surface area contributed by atoms with E-state index in [9.17, 15) is 9.59 Å². The molecule has 2 aliphatic heterocycles. The van der Waals surface area contributed by atoms with Crippen molar-refractivity contribution in [3.63, 3.8) is 0 Å². The van der Waals surface area contributed by atoms with Crippen molar-refractivity contribution in [3.05, 3.63) is 57.8 Å². The van der Waals surface area contributed by atoms with Crippen molar-refractivity contribution in [2.75, 3.05) is 7.11 Å². The number of rotatable bonds is 5. The number of ether oxygens (including phenoxy) is 1. The van der Waals surface area contributed by atoms with Crippen LogP contribution in [0.1, 0.15) is 56.2 Å². The molecule has 0 aromatic heterocycles. The van der Waals surface area contributed by atoms with E-state index < -0.39 is 5.97 Å². The summed E-state index contributed by atoms with van der Waals surface area (Å²) in [6.45, 7) is 3.88. The lowest BCUT2D eigenvalue weighted by Gasteiger charge is -2.36. The smallest absolute Gasteiger partial charge is 0.338 e. The molecule has 4 atom stereocenters. The van der Waals surface area contributed by atoms with E-state index in [2.05, 4.69) is 10.3 Å². The van der Waals surface area contributed by atoms with Crippen molar-refractivity contribution in [1.82, 2.24) is 10.2 Å². The molecule has 2 saturated carbocycles. The number of aliphatic imine (C=N–C) groups is 1. The molecule has 1 amide bonds. The molecule has 168 valence electrons. The topological polar surface area (TPSA) is 71.0 Å². The molecule has 1 aromatic rings. The first-order chi connectivity index (χ1) is 15.4. The highest BCUT2D eigenvalue weighted by Crippen LogP contribution is 2.46. The molecule has 6 nitrogen and oxygen atoms in total. The van der Waals surface area contributed by atoms with Crippen LogP contribution in [0.2, 0.25) is 0 Å². The zero-order valence-electron chi connectivity index (χ0n) is 18.8. The van der Waals surface area contributed by atoms with E-state index in [1.807, 2.05) is 48.4 Å². The highest BCUT2D eigenvalue weighted by atomic mass is 32.2. The summed E-state index contributed by atoms with van der Waals surface area (Å²) in [7, 11) is 1.40. The van der Waals surface area contributed by atoms with Gasteiger partial charge in [-0.2, -0.15) is 0 Å². The summed E-state index contributed by atoms with van der Waals surface area (Å²) in [6.07, 6.45) is 5.19. The van der Waals surface area contributed by atoms with Crippen LogP contribution in [0, 0.1) is 18.8 Å². The maximum absolute atomic E-state index is 13.0. The Kier molecular flexibility index (Phi) is 5.61.